The molecule has 3 heteroatoms. The van der Waals surface area contributed by atoms with Gasteiger partial charge < -0.3 is 10.6 Å². The van der Waals surface area contributed by atoms with Crippen LogP contribution in [-0.2, 0) is 6.42 Å². The quantitative estimate of drug-likeness (QED) is 0.850. The van der Waals surface area contributed by atoms with Gasteiger partial charge in [0.15, 0.2) is 0 Å². The Hall–Kier alpha value is -1.09. The van der Waals surface area contributed by atoms with Crippen LogP contribution in [0.4, 0.5) is 10.1 Å². The van der Waals surface area contributed by atoms with Crippen LogP contribution in [0, 0.1) is 5.82 Å². The van der Waals surface area contributed by atoms with Gasteiger partial charge in [0.25, 0.3) is 0 Å². The van der Waals surface area contributed by atoms with E-state index >= 15 is 0 Å². The minimum atomic E-state index is -0.123. The summed E-state index contributed by atoms with van der Waals surface area (Å²) in [4.78, 5) is 2.26. The van der Waals surface area contributed by atoms with Crippen molar-refractivity contribution in [1.82, 2.24) is 0 Å². The van der Waals surface area contributed by atoms with E-state index in [1.54, 1.807) is 6.07 Å². The van der Waals surface area contributed by atoms with Gasteiger partial charge in [-0.3, -0.25) is 0 Å². The van der Waals surface area contributed by atoms with Crippen LogP contribution >= 0.6 is 0 Å². The molecule has 0 aromatic heterocycles. The third-order valence-electron chi connectivity index (χ3n) is 3.07. The van der Waals surface area contributed by atoms with E-state index in [-0.39, 0.29) is 11.9 Å². The Kier molecular flexibility index (Phi) is 3.44. The molecule has 2 nitrogen and oxygen atoms in total. The molecule has 0 bridgehead atoms. The Bertz CT molecular complexity index is 357. The van der Waals surface area contributed by atoms with Crippen LogP contribution < -0.4 is 10.6 Å². The lowest BCUT2D eigenvalue weighted by molar-refractivity contribution is 0.595. The highest BCUT2D eigenvalue weighted by molar-refractivity contribution is 5.55. The number of hydrogen-bond acceptors (Lipinski definition) is 2. The van der Waals surface area contributed by atoms with Gasteiger partial charge in [0.2, 0.25) is 0 Å². The zero-order valence-corrected chi connectivity index (χ0v) is 9.75. The van der Waals surface area contributed by atoms with E-state index in [0.717, 1.165) is 24.3 Å². The summed E-state index contributed by atoms with van der Waals surface area (Å²) in [5.41, 5.74) is 7.59. The minimum Gasteiger partial charge on any atom is -0.371 e. The standard InChI is InChI=1S/C13H19FN2/c1-10(15)9-11-12(14)5-4-6-13(11)16-7-2-3-8-16/h4-6,10H,2-3,7-9,15H2,1H3. The number of rotatable bonds is 3. The van der Waals surface area contributed by atoms with Gasteiger partial charge in [0, 0.05) is 30.4 Å². The van der Waals surface area contributed by atoms with Crippen molar-refractivity contribution in [3.05, 3.63) is 29.6 Å². The van der Waals surface area contributed by atoms with E-state index in [0.29, 0.717) is 6.42 Å². The molecule has 1 unspecified atom stereocenters. The molecular formula is C13H19FN2. The van der Waals surface area contributed by atoms with Crippen LogP contribution in [0.1, 0.15) is 25.3 Å². The van der Waals surface area contributed by atoms with Crippen LogP contribution in [-0.4, -0.2) is 19.1 Å². The van der Waals surface area contributed by atoms with Gasteiger partial charge in [-0.1, -0.05) is 6.07 Å². The van der Waals surface area contributed by atoms with Gasteiger partial charge in [-0.15, -0.1) is 0 Å². The van der Waals surface area contributed by atoms with E-state index in [9.17, 15) is 4.39 Å². The molecule has 1 saturated heterocycles. The smallest absolute Gasteiger partial charge is 0.128 e. The van der Waals surface area contributed by atoms with Crippen molar-refractivity contribution in [2.24, 2.45) is 5.73 Å². The Labute approximate surface area is 96.2 Å². The molecule has 1 aromatic carbocycles. The summed E-state index contributed by atoms with van der Waals surface area (Å²) in [7, 11) is 0. The third-order valence-corrected chi connectivity index (χ3v) is 3.07. The number of hydrogen-bond donors (Lipinski definition) is 1. The second-order valence-electron chi connectivity index (χ2n) is 4.61. The average Bonchev–Trinajstić information content (AvgIpc) is 2.73. The van der Waals surface area contributed by atoms with Gasteiger partial charge in [-0.2, -0.15) is 0 Å². The summed E-state index contributed by atoms with van der Waals surface area (Å²) in [6.07, 6.45) is 3.01. The second kappa shape index (κ2) is 4.83. The van der Waals surface area contributed by atoms with Gasteiger partial charge in [-0.05, 0) is 38.3 Å². The van der Waals surface area contributed by atoms with Crippen molar-refractivity contribution in [1.29, 1.82) is 0 Å². The number of benzene rings is 1. The van der Waals surface area contributed by atoms with E-state index < -0.39 is 0 Å². The van der Waals surface area contributed by atoms with Gasteiger partial charge in [0.05, 0.1) is 0 Å². The minimum absolute atomic E-state index is 0.00162. The summed E-state index contributed by atoms with van der Waals surface area (Å²) < 4.78 is 13.8. The first kappa shape index (κ1) is 11.4. The maximum atomic E-state index is 13.8. The molecule has 1 aliphatic rings. The molecule has 1 heterocycles. The maximum Gasteiger partial charge on any atom is 0.128 e. The third kappa shape index (κ3) is 2.35. The predicted molar refractivity (Wildman–Crippen MR) is 65.2 cm³/mol. The summed E-state index contributed by atoms with van der Waals surface area (Å²) in [5.74, 6) is -0.123. The number of nitrogens with two attached hydrogens (primary N) is 1. The maximum absolute atomic E-state index is 13.8. The SMILES string of the molecule is CC(N)Cc1c(F)cccc1N1CCCC1. The van der Waals surface area contributed by atoms with Crippen LogP contribution in [0.3, 0.4) is 0 Å². The molecule has 0 aliphatic carbocycles. The molecular weight excluding hydrogens is 203 g/mol. The molecule has 0 saturated carbocycles. The summed E-state index contributed by atoms with van der Waals surface area (Å²) in [6, 6.07) is 5.31. The van der Waals surface area contributed by atoms with E-state index in [1.807, 2.05) is 13.0 Å². The molecule has 0 amide bonds. The van der Waals surface area contributed by atoms with Crippen molar-refractivity contribution in [3.63, 3.8) is 0 Å². The molecule has 16 heavy (non-hydrogen) atoms. The molecule has 1 atom stereocenters. The topological polar surface area (TPSA) is 29.3 Å². The van der Waals surface area contributed by atoms with Crippen molar-refractivity contribution in [3.8, 4) is 0 Å². The van der Waals surface area contributed by atoms with E-state index in [2.05, 4.69) is 4.90 Å². The Morgan fingerprint density at radius 1 is 1.38 bits per heavy atom. The fourth-order valence-electron chi connectivity index (χ4n) is 2.33. The highest BCUT2D eigenvalue weighted by Gasteiger charge is 2.18. The fourth-order valence-corrected chi connectivity index (χ4v) is 2.33. The van der Waals surface area contributed by atoms with Crippen LogP contribution in [0.2, 0.25) is 0 Å². The normalized spacial score (nSPS) is 17.8. The molecule has 2 rings (SSSR count). The highest BCUT2D eigenvalue weighted by Crippen LogP contribution is 2.27. The summed E-state index contributed by atoms with van der Waals surface area (Å²) >= 11 is 0. The number of anilines is 1. The van der Waals surface area contributed by atoms with Crippen LogP contribution in [0.5, 0.6) is 0 Å². The first-order chi connectivity index (χ1) is 7.68. The number of halogens is 1. The molecule has 0 spiro atoms. The molecule has 1 aliphatic heterocycles. The molecule has 2 N–H and O–H groups in total. The monoisotopic (exact) mass is 222 g/mol. The lowest BCUT2D eigenvalue weighted by atomic mass is 10.0. The Balaban J connectivity index is 2.31. The lowest BCUT2D eigenvalue weighted by Crippen LogP contribution is -2.24. The predicted octanol–water partition coefficient (Wildman–Crippen LogP) is 2.32. The summed E-state index contributed by atoms with van der Waals surface area (Å²) in [6.45, 7) is 3.99. The van der Waals surface area contributed by atoms with Gasteiger partial charge >= 0.3 is 0 Å². The van der Waals surface area contributed by atoms with Gasteiger partial charge in [0.1, 0.15) is 5.82 Å². The largest absolute Gasteiger partial charge is 0.371 e. The number of nitrogens with zero attached hydrogens (tertiary/aromatic N) is 1. The average molecular weight is 222 g/mol. The second-order valence-corrected chi connectivity index (χ2v) is 4.61. The fraction of sp³-hybridized carbons (Fsp3) is 0.538. The van der Waals surface area contributed by atoms with Crippen molar-refractivity contribution < 1.29 is 4.39 Å². The van der Waals surface area contributed by atoms with E-state index in [1.165, 1.54) is 18.9 Å². The summed E-state index contributed by atoms with van der Waals surface area (Å²) in [5, 5.41) is 0. The van der Waals surface area contributed by atoms with Crippen LogP contribution in [0.15, 0.2) is 18.2 Å². The Morgan fingerprint density at radius 3 is 2.69 bits per heavy atom. The Morgan fingerprint density at radius 2 is 2.06 bits per heavy atom. The lowest BCUT2D eigenvalue weighted by Gasteiger charge is -2.22. The first-order valence-corrected chi connectivity index (χ1v) is 5.96. The van der Waals surface area contributed by atoms with Gasteiger partial charge in [-0.25, -0.2) is 4.39 Å². The molecule has 1 aromatic rings. The zero-order valence-electron chi connectivity index (χ0n) is 9.75. The molecule has 0 radical (unpaired) electrons. The highest BCUT2D eigenvalue weighted by atomic mass is 19.1. The van der Waals surface area contributed by atoms with Crippen LogP contribution in [0.25, 0.3) is 0 Å². The zero-order chi connectivity index (χ0) is 11.5. The van der Waals surface area contributed by atoms with Crippen molar-refractivity contribution in [2.45, 2.75) is 32.2 Å². The van der Waals surface area contributed by atoms with Crippen molar-refractivity contribution in [2.75, 3.05) is 18.0 Å². The molecule has 88 valence electrons. The van der Waals surface area contributed by atoms with E-state index in [4.69, 9.17) is 5.73 Å². The first-order valence-electron chi connectivity index (χ1n) is 5.96. The van der Waals surface area contributed by atoms with Crippen molar-refractivity contribution >= 4 is 5.69 Å². The molecule has 1 fully saturated rings.